The molecule has 0 saturated heterocycles. The molecule has 0 spiro atoms. The Morgan fingerprint density at radius 3 is 2.75 bits per heavy atom. The molecule has 0 aliphatic heterocycles. The summed E-state index contributed by atoms with van der Waals surface area (Å²) in [6, 6.07) is 3.63. The summed E-state index contributed by atoms with van der Waals surface area (Å²) in [7, 11) is 0. The zero-order valence-corrected chi connectivity index (χ0v) is 11.5. The van der Waals surface area contributed by atoms with E-state index in [1.54, 1.807) is 0 Å². The largest absolute Gasteiger partial charge is 0.482 e. The van der Waals surface area contributed by atoms with Gasteiger partial charge < -0.3 is 15.2 Å². The minimum Gasteiger partial charge on any atom is -0.482 e. The lowest BCUT2D eigenvalue weighted by Gasteiger charge is -2.08. The minimum absolute atomic E-state index is 0.0809. The van der Waals surface area contributed by atoms with Crippen LogP contribution < -0.4 is 10.1 Å². The third-order valence-electron chi connectivity index (χ3n) is 2.39. The van der Waals surface area contributed by atoms with Crippen molar-refractivity contribution in [2.45, 2.75) is 19.3 Å². The molecule has 20 heavy (non-hydrogen) atoms. The number of carbonyl (C=O) groups is 2. The highest BCUT2D eigenvalue weighted by atomic mass is 35.5. The van der Waals surface area contributed by atoms with Gasteiger partial charge in [0.05, 0.1) is 5.02 Å². The molecule has 0 bridgehead atoms. The Morgan fingerprint density at radius 1 is 1.35 bits per heavy atom. The molecule has 0 aromatic heterocycles. The number of amides is 1. The third kappa shape index (κ3) is 6.38. The smallest absolute Gasteiger partial charge is 0.303 e. The van der Waals surface area contributed by atoms with Gasteiger partial charge >= 0.3 is 5.97 Å². The Kier molecular flexibility index (Phi) is 6.79. The SMILES string of the molecule is O=C(O)CCCCNC(=O)COc1ccc(F)cc1Cl. The van der Waals surface area contributed by atoms with Crippen molar-refractivity contribution in [3.8, 4) is 5.75 Å². The lowest BCUT2D eigenvalue weighted by molar-refractivity contribution is -0.137. The number of nitrogens with one attached hydrogen (secondary N) is 1. The molecule has 0 radical (unpaired) electrons. The highest BCUT2D eigenvalue weighted by Crippen LogP contribution is 2.24. The lowest BCUT2D eigenvalue weighted by atomic mass is 10.2. The van der Waals surface area contributed by atoms with Gasteiger partial charge in [-0.1, -0.05) is 11.6 Å². The predicted octanol–water partition coefficient (Wildman–Crippen LogP) is 2.23. The van der Waals surface area contributed by atoms with Crippen molar-refractivity contribution in [1.29, 1.82) is 0 Å². The maximum absolute atomic E-state index is 12.8. The van der Waals surface area contributed by atoms with Gasteiger partial charge in [-0.2, -0.15) is 0 Å². The number of hydrogen-bond acceptors (Lipinski definition) is 3. The van der Waals surface area contributed by atoms with Crippen LogP contribution in [0, 0.1) is 5.82 Å². The zero-order chi connectivity index (χ0) is 15.0. The number of carbonyl (C=O) groups excluding carboxylic acids is 1. The summed E-state index contributed by atoms with van der Waals surface area (Å²) in [4.78, 5) is 21.7. The van der Waals surface area contributed by atoms with Crippen molar-refractivity contribution in [3.63, 3.8) is 0 Å². The van der Waals surface area contributed by atoms with Gasteiger partial charge in [0.15, 0.2) is 6.61 Å². The van der Waals surface area contributed by atoms with Crippen LogP contribution in [-0.4, -0.2) is 30.1 Å². The van der Waals surface area contributed by atoms with E-state index in [-0.39, 0.29) is 29.7 Å². The fourth-order valence-electron chi connectivity index (χ4n) is 1.42. The number of unbranched alkanes of at least 4 members (excludes halogenated alkanes) is 1. The summed E-state index contributed by atoms with van der Waals surface area (Å²) in [5.41, 5.74) is 0. The molecule has 0 heterocycles. The second-order valence-corrected chi connectivity index (χ2v) is 4.47. The summed E-state index contributed by atoms with van der Waals surface area (Å²) >= 11 is 5.74. The molecule has 0 saturated carbocycles. The summed E-state index contributed by atoms with van der Waals surface area (Å²) in [5.74, 6) is -1.45. The Hall–Kier alpha value is -1.82. The van der Waals surface area contributed by atoms with E-state index in [0.29, 0.717) is 19.4 Å². The number of rotatable bonds is 8. The second-order valence-electron chi connectivity index (χ2n) is 4.06. The van der Waals surface area contributed by atoms with Gasteiger partial charge in [0.1, 0.15) is 11.6 Å². The van der Waals surface area contributed by atoms with Gasteiger partial charge in [0.2, 0.25) is 0 Å². The molecule has 2 N–H and O–H groups in total. The van der Waals surface area contributed by atoms with Gasteiger partial charge in [-0.3, -0.25) is 9.59 Å². The van der Waals surface area contributed by atoms with E-state index in [1.165, 1.54) is 12.1 Å². The monoisotopic (exact) mass is 303 g/mol. The first-order chi connectivity index (χ1) is 9.49. The first kappa shape index (κ1) is 16.2. The molecule has 1 rings (SSSR count). The molecule has 0 aliphatic carbocycles. The number of carboxylic acids is 1. The van der Waals surface area contributed by atoms with E-state index >= 15 is 0 Å². The molecule has 0 unspecified atom stereocenters. The average molecular weight is 304 g/mol. The summed E-state index contributed by atoms with van der Waals surface area (Å²) in [6.07, 6.45) is 1.16. The Bertz CT molecular complexity index is 481. The van der Waals surface area contributed by atoms with Crippen molar-refractivity contribution in [2.24, 2.45) is 0 Å². The summed E-state index contributed by atoms with van der Waals surface area (Å²) in [6.45, 7) is 0.150. The maximum atomic E-state index is 12.8. The second kappa shape index (κ2) is 8.37. The molecule has 7 heteroatoms. The first-order valence-corrected chi connectivity index (χ1v) is 6.43. The quantitative estimate of drug-likeness (QED) is 0.722. The van der Waals surface area contributed by atoms with E-state index in [0.717, 1.165) is 6.07 Å². The van der Waals surface area contributed by atoms with Crippen LogP contribution in [0.1, 0.15) is 19.3 Å². The number of carboxylic acid groups (broad SMARTS) is 1. The van der Waals surface area contributed by atoms with E-state index < -0.39 is 11.8 Å². The molecule has 110 valence electrons. The van der Waals surface area contributed by atoms with E-state index in [1.807, 2.05) is 0 Å². The van der Waals surface area contributed by atoms with Crippen LogP contribution in [0.4, 0.5) is 4.39 Å². The van der Waals surface area contributed by atoms with Gasteiger partial charge in [0.25, 0.3) is 5.91 Å². The van der Waals surface area contributed by atoms with Crippen LogP contribution in [-0.2, 0) is 9.59 Å². The van der Waals surface area contributed by atoms with Crippen LogP contribution in [0.3, 0.4) is 0 Å². The molecule has 0 aliphatic rings. The van der Waals surface area contributed by atoms with Gasteiger partial charge in [0, 0.05) is 13.0 Å². The number of aliphatic carboxylic acids is 1. The van der Waals surface area contributed by atoms with Crippen LogP contribution in [0.15, 0.2) is 18.2 Å². The molecule has 0 fully saturated rings. The topological polar surface area (TPSA) is 75.6 Å². The van der Waals surface area contributed by atoms with E-state index in [9.17, 15) is 14.0 Å². The van der Waals surface area contributed by atoms with Crippen molar-refractivity contribution in [1.82, 2.24) is 5.32 Å². The maximum Gasteiger partial charge on any atom is 0.303 e. The average Bonchev–Trinajstić information content (AvgIpc) is 2.37. The molecular formula is C13H15ClFNO4. The summed E-state index contributed by atoms with van der Waals surface area (Å²) in [5, 5.41) is 11.1. The van der Waals surface area contributed by atoms with Crippen LogP contribution >= 0.6 is 11.6 Å². The van der Waals surface area contributed by atoms with Gasteiger partial charge in [-0.15, -0.1) is 0 Å². The lowest BCUT2D eigenvalue weighted by Crippen LogP contribution is -2.29. The van der Waals surface area contributed by atoms with Gasteiger partial charge in [-0.25, -0.2) is 4.39 Å². The number of halogens is 2. The minimum atomic E-state index is -0.856. The Morgan fingerprint density at radius 2 is 2.10 bits per heavy atom. The number of ether oxygens (including phenoxy) is 1. The molecule has 1 aromatic carbocycles. The van der Waals surface area contributed by atoms with Gasteiger partial charge in [-0.05, 0) is 31.0 Å². The third-order valence-corrected chi connectivity index (χ3v) is 2.69. The van der Waals surface area contributed by atoms with E-state index in [4.69, 9.17) is 21.4 Å². The van der Waals surface area contributed by atoms with Crippen molar-refractivity contribution >= 4 is 23.5 Å². The van der Waals surface area contributed by atoms with Crippen LogP contribution in [0.25, 0.3) is 0 Å². The fraction of sp³-hybridized carbons (Fsp3) is 0.385. The first-order valence-electron chi connectivity index (χ1n) is 6.05. The van der Waals surface area contributed by atoms with Crippen molar-refractivity contribution in [3.05, 3.63) is 29.0 Å². The van der Waals surface area contributed by atoms with Crippen molar-refractivity contribution < 1.29 is 23.8 Å². The fourth-order valence-corrected chi connectivity index (χ4v) is 1.64. The Labute approximate surface area is 120 Å². The summed E-state index contributed by atoms with van der Waals surface area (Å²) < 4.78 is 17.9. The predicted molar refractivity (Wildman–Crippen MR) is 71.4 cm³/mol. The molecule has 5 nitrogen and oxygen atoms in total. The molecule has 1 aromatic rings. The highest BCUT2D eigenvalue weighted by Gasteiger charge is 2.06. The number of benzene rings is 1. The normalized spacial score (nSPS) is 10.1. The highest BCUT2D eigenvalue weighted by molar-refractivity contribution is 6.32. The van der Waals surface area contributed by atoms with E-state index in [2.05, 4.69) is 5.32 Å². The number of hydrogen-bond donors (Lipinski definition) is 2. The Balaban J connectivity index is 2.21. The molecular weight excluding hydrogens is 289 g/mol. The van der Waals surface area contributed by atoms with Crippen molar-refractivity contribution in [2.75, 3.05) is 13.2 Å². The molecule has 0 atom stereocenters. The van der Waals surface area contributed by atoms with Crippen LogP contribution in [0.5, 0.6) is 5.75 Å². The van der Waals surface area contributed by atoms with Crippen LogP contribution in [0.2, 0.25) is 5.02 Å². The standard InChI is InChI=1S/C13H15ClFNO4/c14-10-7-9(15)4-5-11(10)20-8-12(17)16-6-2-1-3-13(18)19/h4-5,7H,1-3,6,8H2,(H,16,17)(H,18,19). The zero-order valence-electron chi connectivity index (χ0n) is 10.7. The molecule has 1 amide bonds.